The number of carbonyl (C=O) groups is 1. The van der Waals surface area contributed by atoms with Gasteiger partial charge >= 0.3 is 0 Å². The highest BCUT2D eigenvalue weighted by Gasteiger charge is 2.20. The van der Waals surface area contributed by atoms with Crippen LogP contribution in [0.15, 0.2) is 18.5 Å². The molecule has 2 aromatic heterocycles. The molecule has 0 saturated carbocycles. The number of rotatable bonds is 7. The molecule has 2 aromatic rings. The molecular formula is C16H21N3O2S2. The van der Waals surface area contributed by atoms with Gasteiger partial charge in [-0.15, -0.1) is 11.3 Å². The summed E-state index contributed by atoms with van der Waals surface area (Å²) < 4.78 is 5.66. The van der Waals surface area contributed by atoms with Crippen molar-refractivity contribution in [3.05, 3.63) is 39.6 Å². The first-order valence-corrected chi connectivity index (χ1v) is 9.77. The molecule has 1 saturated heterocycles. The average Bonchev–Trinajstić information content (AvgIpc) is 3.28. The zero-order valence-corrected chi connectivity index (χ0v) is 14.8. The maximum atomic E-state index is 12.2. The van der Waals surface area contributed by atoms with Crippen LogP contribution in [0.3, 0.4) is 0 Å². The van der Waals surface area contributed by atoms with Gasteiger partial charge in [0.05, 0.1) is 23.0 Å². The number of imidazole rings is 1. The molecule has 0 bridgehead atoms. The van der Waals surface area contributed by atoms with E-state index in [4.69, 9.17) is 4.74 Å². The van der Waals surface area contributed by atoms with Gasteiger partial charge in [0.15, 0.2) is 0 Å². The standard InChI is InChI=1S/C16H21N3O2S2/c1-11-12(19-10-18-11)9-22-8-6-17-16(20)15-5-4-14(23-15)13-3-2-7-21-13/h4-5,10,13H,2-3,6-9H2,1H3,(H,17,20)(H,18,19)/t13-/m0/s1. The van der Waals surface area contributed by atoms with Gasteiger partial charge in [0.25, 0.3) is 5.91 Å². The molecule has 3 rings (SSSR count). The van der Waals surface area contributed by atoms with E-state index in [1.165, 1.54) is 0 Å². The van der Waals surface area contributed by atoms with Gasteiger partial charge in [-0.25, -0.2) is 4.98 Å². The number of nitrogens with one attached hydrogen (secondary N) is 2. The first kappa shape index (κ1) is 16.5. The molecule has 1 aliphatic rings. The average molecular weight is 351 g/mol. The second kappa shape index (κ2) is 7.99. The zero-order valence-electron chi connectivity index (χ0n) is 13.1. The number of hydrogen-bond donors (Lipinski definition) is 2. The van der Waals surface area contributed by atoms with Crippen LogP contribution in [0.25, 0.3) is 0 Å². The third kappa shape index (κ3) is 4.37. The van der Waals surface area contributed by atoms with Crippen LogP contribution in [0, 0.1) is 6.92 Å². The monoisotopic (exact) mass is 351 g/mol. The fourth-order valence-electron chi connectivity index (χ4n) is 2.48. The number of thioether (sulfide) groups is 1. The Morgan fingerprint density at radius 3 is 3.22 bits per heavy atom. The van der Waals surface area contributed by atoms with E-state index in [0.29, 0.717) is 6.54 Å². The van der Waals surface area contributed by atoms with Crippen LogP contribution in [0.1, 0.15) is 44.9 Å². The quantitative estimate of drug-likeness (QED) is 0.751. The Kier molecular flexibility index (Phi) is 5.75. The van der Waals surface area contributed by atoms with Gasteiger partial charge in [-0.2, -0.15) is 11.8 Å². The molecule has 1 aliphatic heterocycles. The van der Waals surface area contributed by atoms with E-state index >= 15 is 0 Å². The minimum absolute atomic E-state index is 0.01000. The lowest BCUT2D eigenvalue weighted by atomic mass is 10.2. The van der Waals surface area contributed by atoms with Gasteiger partial charge in [0, 0.05) is 35.2 Å². The van der Waals surface area contributed by atoms with Gasteiger partial charge in [0.1, 0.15) is 0 Å². The van der Waals surface area contributed by atoms with Crippen molar-refractivity contribution in [1.82, 2.24) is 15.3 Å². The largest absolute Gasteiger partial charge is 0.373 e. The van der Waals surface area contributed by atoms with Crippen molar-refractivity contribution in [3.8, 4) is 0 Å². The van der Waals surface area contributed by atoms with Gasteiger partial charge in [-0.1, -0.05) is 0 Å². The molecule has 0 aromatic carbocycles. The predicted octanol–water partition coefficient (Wildman–Crippen LogP) is 3.29. The van der Waals surface area contributed by atoms with Crippen molar-refractivity contribution in [2.75, 3.05) is 18.9 Å². The zero-order chi connectivity index (χ0) is 16.1. The second-order valence-corrected chi connectivity index (χ2v) is 7.71. The summed E-state index contributed by atoms with van der Waals surface area (Å²) in [6.45, 7) is 3.52. The number of aromatic amines is 1. The normalized spacial score (nSPS) is 17.5. The Morgan fingerprint density at radius 2 is 2.48 bits per heavy atom. The van der Waals surface area contributed by atoms with E-state index < -0.39 is 0 Å². The van der Waals surface area contributed by atoms with Crippen molar-refractivity contribution in [1.29, 1.82) is 0 Å². The minimum Gasteiger partial charge on any atom is -0.373 e. The molecular weight excluding hydrogens is 330 g/mol. The SMILES string of the molecule is Cc1[nH]cnc1CSCCNC(=O)c1ccc([C@@H]2CCCO2)s1. The van der Waals surface area contributed by atoms with Crippen LogP contribution in [0.4, 0.5) is 0 Å². The van der Waals surface area contributed by atoms with Gasteiger partial charge < -0.3 is 15.0 Å². The Balaban J connectivity index is 1.38. The summed E-state index contributed by atoms with van der Waals surface area (Å²) in [6.07, 6.45) is 4.08. The second-order valence-electron chi connectivity index (χ2n) is 5.49. The number of amides is 1. The number of carbonyl (C=O) groups excluding carboxylic acids is 1. The summed E-state index contributed by atoms with van der Waals surface area (Å²) in [5.74, 6) is 1.76. The van der Waals surface area contributed by atoms with Gasteiger partial charge in [-0.3, -0.25) is 4.79 Å². The third-order valence-electron chi connectivity index (χ3n) is 3.80. The lowest BCUT2D eigenvalue weighted by Gasteiger charge is -2.05. The number of aromatic nitrogens is 2. The first-order valence-electron chi connectivity index (χ1n) is 7.80. The van der Waals surface area contributed by atoms with Crippen LogP contribution in [-0.4, -0.2) is 34.8 Å². The Hall–Kier alpha value is -1.31. The fourth-order valence-corrected chi connectivity index (χ4v) is 4.36. The molecule has 0 radical (unpaired) electrons. The fraction of sp³-hybridized carbons (Fsp3) is 0.500. The lowest BCUT2D eigenvalue weighted by Crippen LogP contribution is -2.24. The van der Waals surface area contributed by atoms with E-state index in [-0.39, 0.29) is 12.0 Å². The number of thiophene rings is 1. The smallest absolute Gasteiger partial charge is 0.261 e. The maximum Gasteiger partial charge on any atom is 0.261 e. The highest BCUT2D eigenvalue weighted by atomic mass is 32.2. The molecule has 124 valence electrons. The molecule has 7 heteroatoms. The van der Waals surface area contributed by atoms with E-state index in [1.54, 1.807) is 29.4 Å². The summed E-state index contributed by atoms with van der Waals surface area (Å²) in [5, 5.41) is 2.98. The van der Waals surface area contributed by atoms with Crippen molar-refractivity contribution >= 4 is 29.0 Å². The number of hydrogen-bond acceptors (Lipinski definition) is 5. The molecule has 0 spiro atoms. The van der Waals surface area contributed by atoms with E-state index in [1.807, 2.05) is 19.1 Å². The van der Waals surface area contributed by atoms with Gasteiger partial charge in [0.2, 0.25) is 0 Å². The molecule has 1 atom stereocenters. The number of ether oxygens (including phenoxy) is 1. The Bertz CT molecular complexity index is 647. The van der Waals surface area contributed by atoms with E-state index in [0.717, 1.165) is 52.1 Å². The molecule has 3 heterocycles. The van der Waals surface area contributed by atoms with Crippen molar-refractivity contribution in [2.45, 2.75) is 31.6 Å². The molecule has 0 aliphatic carbocycles. The van der Waals surface area contributed by atoms with Crippen molar-refractivity contribution < 1.29 is 9.53 Å². The number of nitrogens with zero attached hydrogens (tertiary/aromatic N) is 1. The van der Waals surface area contributed by atoms with Crippen LogP contribution in [0.2, 0.25) is 0 Å². The molecule has 2 N–H and O–H groups in total. The highest BCUT2D eigenvalue weighted by Crippen LogP contribution is 2.33. The van der Waals surface area contributed by atoms with Crippen LogP contribution in [-0.2, 0) is 10.5 Å². The molecule has 5 nitrogen and oxygen atoms in total. The Labute approximate surface area is 144 Å². The summed E-state index contributed by atoms with van der Waals surface area (Å²) in [4.78, 5) is 21.4. The third-order valence-corrected chi connectivity index (χ3v) is 5.95. The van der Waals surface area contributed by atoms with E-state index in [9.17, 15) is 4.79 Å². The van der Waals surface area contributed by atoms with Crippen molar-refractivity contribution in [3.63, 3.8) is 0 Å². The highest BCUT2D eigenvalue weighted by molar-refractivity contribution is 7.98. The van der Waals surface area contributed by atoms with Crippen LogP contribution < -0.4 is 5.32 Å². The lowest BCUT2D eigenvalue weighted by molar-refractivity contribution is 0.0960. The number of H-pyrrole nitrogens is 1. The summed E-state index contributed by atoms with van der Waals surface area (Å²) >= 11 is 3.32. The molecule has 1 amide bonds. The minimum atomic E-state index is 0.01000. The van der Waals surface area contributed by atoms with Crippen LogP contribution >= 0.6 is 23.1 Å². The Morgan fingerprint density at radius 1 is 1.57 bits per heavy atom. The summed E-state index contributed by atoms with van der Waals surface area (Å²) in [6, 6.07) is 3.92. The molecule has 1 fully saturated rings. The summed E-state index contributed by atoms with van der Waals surface area (Å²) in [7, 11) is 0. The van der Waals surface area contributed by atoms with Crippen molar-refractivity contribution in [2.24, 2.45) is 0 Å². The molecule has 0 unspecified atom stereocenters. The maximum absolute atomic E-state index is 12.2. The van der Waals surface area contributed by atoms with Crippen LogP contribution in [0.5, 0.6) is 0 Å². The number of aryl methyl sites for hydroxylation is 1. The summed E-state index contributed by atoms with van der Waals surface area (Å²) in [5.41, 5.74) is 2.20. The predicted molar refractivity (Wildman–Crippen MR) is 94.1 cm³/mol. The molecule has 23 heavy (non-hydrogen) atoms. The topological polar surface area (TPSA) is 67.0 Å². The van der Waals surface area contributed by atoms with Gasteiger partial charge in [-0.05, 0) is 31.9 Å². The first-order chi connectivity index (χ1) is 11.2. The van der Waals surface area contributed by atoms with E-state index in [2.05, 4.69) is 15.3 Å².